The first-order valence-electron chi connectivity index (χ1n) is 9.20. The van der Waals surface area contributed by atoms with E-state index in [4.69, 9.17) is 0 Å². The van der Waals surface area contributed by atoms with Crippen molar-refractivity contribution in [1.82, 2.24) is 19.6 Å². The smallest absolute Gasteiger partial charge is 0.324 e. The van der Waals surface area contributed by atoms with Crippen molar-refractivity contribution < 1.29 is 43.1 Å². The summed E-state index contributed by atoms with van der Waals surface area (Å²) in [5, 5.41) is 0. The van der Waals surface area contributed by atoms with Gasteiger partial charge < -0.3 is 34.3 Å². The van der Waals surface area contributed by atoms with Crippen LogP contribution >= 0.6 is 22.8 Å². The normalized spacial score (nSPS) is 21.6. The summed E-state index contributed by atoms with van der Waals surface area (Å²) in [7, 11) is -13.0. The van der Waals surface area contributed by atoms with Crippen molar-refractivity contribution in [2.75, 3.05) is 77.8 Å². The Kier molecular flexibility index (Phi) is 11.1. The monoisotopic (exact) mass is 482 g/mol. The Bertz CT molecular complexity index is 597. The van der Waals surface area contributed by atoms with Crippen LogP contribution in [0, 0.1) is 0 Å². The van der Waals surface area contributed by atoms with Crippen molar-refractivity contribution >= 4 is 22.8 Å². The quantitative estimate of drug-likeness (QED) is 0.234. The minimum absolute atomic E-state index is 0.154. The number of nitrogens with zero attached hydrogens (tertiary/aromatic N) is 4. The first-order valence-corrected chi connectivity index (χ1v) is 14.6. The van der Waals surface area contributed by atoms with Crippen LogP contribution in [0.1, 0.15) is 6.92 Å². The van der Waals surface area contributed by atoms with Crippen LogP contribution < -0.4 is 0 Å². The lowest BCUT2D eigenvalue weighted by Crippen LogP contribution is -2.46. The Morgan fingerprint density at radius 3 is 0.897 bits per heavy atom. The molecule has 1 saturated heterocycles. The van der Waals surface area contributed by atoms with Gasteiger partial charge in [-0.3, -0.25) is 28.4 Å². The summed E-state index contributed by atoms with van der Waals surface area (Å²) in [5.74, 6) is 0. The molecule has 1 fully saturated rings. The SMILES string of the molecule is CCN1CCN(CP(=O)(O)O)CCN(CP(=O)(O)O)CCN(CP(=O)(O)O)CC1. The molecule has 1 aliphatic rings. The lowest BCUT2D eigenvalue weighted by molar-refractivity contribution is 0.148. The Morgan fingerprint density at radius 2 is 0.724 bits per heavy atom. The Labute approximate surface area is 170 Å². The molecular formula is C13H33N4O9P3. The molecule has 0 atom stereocenters. The molecule has 0 radical (unpaired) electrons. The first kappa shape index (κ1) is 27.3. The van der Waals surface area contributed by atoms with Crippen molar-refractivity contribution in [3.63, 3.8) is 0 Å². The summed E-state index contributed by atoms with van der Waals surface area (Å²) in [4.78, 5) is 62.5. The third-order valence-electron chi connectivity index (χ3n) is 4.53. The van der Waals surface area contributed by atoms with Gasteiger partial charge in [0.15, 0.2) is 0 Å². The first-order chi connectivity index (χ1) is 13.2. The van der Waals surface area contributed by atoms with Gasteiger partial charge in [-0.1, -0.05) is 6.92 Å². The molecule has 0 aliphatic carbocycles. The summed E-state index contributed by atoms with van der Waals surface area (Å²) < 4.78 is 34.3. The molecule has 13 nitrogen and oxygen atoms in total. The summed E-state index contributed by atoms with van der Waals surface area (Å²) in [5.41, 5.74) is 0. The summed E-state index contributed by atoms with van der Waals surface area (Å²) >= 11 is 0. The molecule has 1 aliphatic heterocycles. The molecule has 0 saturated carbocycles. The van der Waals surface area contributed by atoms with Crippen molar-refractivity contribution in [3.05, 3.63) is 0 Å². The highest BCUT2D eigenvalue weighted by Gasteiger charge is 2.26. The Balaban J connectivity index is 2.96. The van der Waals surface area contributed by atoms with Crippen LogP contribution in [-0.2, 0) is 13.7 Å². The molecule has 0 amide bonds. The summed E-state index contributed by atoms with van der Waals surface area (Å²) in [6, 6.07) is 0. The van der Waals surface area contributed by atoms with Crippen molar-refractivity contribution in [1.29, 1.82) is 0 Å². The van der Waals surface area contributed by atoms with E-state index in [-0.39, 0.29) is 26.2 Å². The van der Waals surface area contributed by atoms with E-state index in [0.29, 0.717) is 32.7 Å². The Hall–Kier alpha value is 0.290. The second-order valence-electron chi connectivity index (χ2n) is 7.21. The van der Waals surface area contributed by atoms with Gasteiger partial charge in [0, 0.05) is 52.4 Å². The highest BCUT2D eigenvalue weighted by Crippen LogP contribution is 2.37. The highest BCUT2D eigenvalue weighted by molar-refractivity contribution is 7.52. The lowest BCUT2D eigenvalue weighted by atomic mass is 10.3. The molecule has 174 valence electrons. The van der Waals surface area contributed by atoms with Gasteiger partial charge in [0.2, 0.25) is 0 Å². The number of hydrogen-bond acceptors (Lipinski definition) is 7. The molecule has 6 N–H and O–H groups in total. The van der Waals surface area contributed by atoms with E-state index in [1.165, 1.54) is 4.90 Å². The van der Waals surface area contributed by atoms with Gasteiger partial charge in [-0.2, -0.15) is 0 Å². The fraction of sp³-hybridized carbons (Fsp3) is 1.00. The average molecular weight is 482 g/mol. The minimum atomic E-state index is -4.37. The molecular weight excluding hydrogens is 449 g/mol. The van der Waals surface area contributed by atoms with Crippen molar-refractivity contribution in [2.24, 2.45) is 0 Å². The maximum absolute atomic E-state index is 11.4. The zero-order valence-corrected chi connectivity index (χ0v) is 19.2. The van der Waals surface area contributed by atoms with Crippen LogP contribution in [0.2, 0.25) is 0 Å². The molecule has 0 bridgehead atoms. The molecule has 29 heavy (non-hydrogen) atoms. The summed E-state index contributed by atoms with van der Waals surface area (Å²) in [6.07, 6.45) is -1.43. The zero-order chi connectivity index (χ0) is 22.3. The van der Waals surface area contributed by atoms with Crippen LogP contribution in [0.5, 0.6) is 0 Å². The van der Waals surface area contributed by atoms with E-state index in [0.717, 1.165) is 0 Å². The topological polar surface area (TPSA) is 186 Å². The molecule has 1 heterocycles. The molecule has 16 heteroatoms. The van der Waals surface area contributed by atoms with Gasteiger partial charge in [-0.05, 0) is 6.54 Å². The average Bonchev–Trinajstić information content (AvgIpc) is 2.51. The fourth-order valence-corrected chi connectivity index (χ4v) is 5.51. The molecule has 0 aromatic rings. The van der Waals surface area contributed by atoms with Gasteiger partial charge in [-0.15, -0.1) is 0 Å². The van der Waals surface area contributed by atoms with Crippen LogP contribution in [0.3, 0.4) is 0 Å². The second kappa shape index (κ2) is 11.8. The van der Waals surface area contributed by atoms with Crippen LogP contribution in [-0.4, -0.2) is 127 Å². The van der Waals surface area contributed by atoms with E-state index < -0.39 is 41.6 Å². The minimum Gasteiger partial charge on any atom is -0.324 e. The van der Waals surface area contributed by atoms with Crippen LogP contribution in [0.4, 0.5) is 0 Å². The molecule has 0 aromatic carbocycles. The van der Waals surface area contributed by atoms with Gasteiger partial charge >= 0.3 is 22.8 Å². The van der Waals surface area contributed by atoms with Crippen molar-refractivity contribution in [2.45, 2.75) is 6.92 Å². The number of rotatable bonds is 7. The maximum atomic E-state index is 11.4. The highest BCUT2D eigenvalue weighted by atomic mass is 31.2. The predicted molar refractivity (Wildman–Crippen MR) is 108 cm³/mol. The third kappa shape index (κ3) is 14.1. The molecule has 1 rings (SSSR count). The van der Waals surface area contributed by atoms with E-state index in [1.807, 2.05) is 11.8 Å². The lowest BCUT2D eigenvalue weighted by Gasteiger charge is -2.34. The fourth-order valence-electron chi connectivity index (χ4n) is 3.10. The predicted octanol–water partition coefficient (Wildman–Crippen LogP) is -1.37. The number of hydrogen-bond donors (Lipinski definition) is 6. The van der Waals surface area contributed by atoms with Gasteiger partial charge in [0.1, 0.15) is 18.9 Å². The zero-order valence-electron chi connectivity index (χ0n) is 16.5. The molecule has 0 unspecified atom stereocenters. The van der Waals surface area contributed by atoms with Gasteiger partial charge in [0.25, 0.3) is 0 Å². The van der Waals surface area contributed by atoms with E-state index >= 15 is 0 Å². The Morgan fingerprint density at radius 1 is 0.517 bits per heavy atom. The van der Waals surface area contributed by atoms with Gasteiger partial charge in [0.05, 0.1) is 0 Å². The van der Waals surface area contributed by atoms with Gasteiger partial charge in [-0.25, -0.2) is 0 Å². The summed E-state index contributed by atoms with van der Waals surface area (Å²) in [6.45, 7) is 4.98. The number of likely N-dealkylation sites (N-methyl/N-ethyl adjacent to an activating group) is 1. The third-order valence-corrected chi connectivity index (χ3v) is 6.84. The second-order valence-corrected chi connectivity index (χ2v) is 12.0. The van der Waals surface area contributed by atoms with E-state index in [9.17, 15) is 43.1 Å². The van der Waals surface area contributed by atoms with E-state index in [2.05, 4.69) is 0 Å². The standard InChI is InChI=1S/C13H33N4O9P3/c1-2-14-3-5-15(11-27(18,19)20)7-9-17(13-29(24,25)26)10-8-16(6-4-14)12-28(21,22)23/h2-13H2,1H3,(H2,18,19,20)(H2,21,22,23)(H2,24,25,26). The largest absolute Gasteiger partial charge is 0.339 e. The van der Waals surface area contributed by atoms with E-state index in [1.54, 1.807) is 9.80 Å². The molecule has 0 aromatic heterocycles. The maximum Gasteiger partial charge on any atom is 0.339 e. The van der Waals surface area contributed by atoms with Crippen LogP contribution in [0.25, 0.3) is 0 Å². The van der Waals surface area contributed by atoms with Crippen LogP contribution in [0.15, 0.2) is 0 Å². The van der Waals surface area contributed by atoms with Crippen molar-refractivity contribution in [3.8, 4) is 0 Å². The molecule has 0 spiro atoms.